The predicted octanol–water partition coefficient (Wildman–Crippen LogP) is 3.77. The van der Waals surface area contributed by atoms with Crippen molar-refractivity contribution in [3.8, 4) is 17.0 Å². The molecular formula is C14H15ClFN3O. The number of nitrogens with zero attached hydrogens (tertiary/aromatic N) is 2. The first-order valence-corrected chi connectivity index (χ1v) is 6.63. The summed E-state index contributed by atoms with van der Waals surface area (Å²) in [5.74, 6) is 0.520. The number of ether oxygens (including phenoxy) is 1. The highest BCUT2D eigenvalue weighted by atomic mass is 35.5. The molecule has 0 atom stereocenters. The molecule has 2 aromatic rings. The minimum atomic E-state index is -0.448. The zero-order valence-corrected chi connectivity index (χ0v) is 12.0. The average molecular weight is 296 g/mol. The third-order valence-electron chi connectivity index (χ3n) is 2.74. The van der Waals surface area contributed by atoms with Crippen molar-refractivity contribution in [3.05, 3.63) is 35.4 Å². The second-order valence-corrected chi connectivity index (χ2v) is 4.59. The molecule has 0 radical (unpaired) electrons. The minimum Gasteiger partial charge on any atom is -0.491 e. The third-order valence-corrected chi connectivity index (χ3v) is 2.97. The van der Waals surface area contributed by atoms with Gasteiger partial charge < -0.3 is 10.1 Å². The topological polar surface area (TPSA) is 47.0 Å². The lowest BCUT2D eigenvalue weighted by molar-refractivity contribution is 0.414. The number of aromatic nitrogens is 2. The van der Waals surface area contributed by atoms with Gasteiger partial charge in [0.05, 0.1) is 7.11 Å². The summed E-state index contributed by atoms with van der Waals surface area (Å²) in [6.07, 6.45) is 2.32. The molecule has 2 rings (SSSR count). The second-order valence-electron chi connectivity index (χ2n) is 4.16. The molecule has 0 unspecified atom stereocenters. The van der Waals surface area contributed by atoms with E-state index in [0.717, 1.165) is 13.0 Å². The van der Waals surface area contributed by atoms with Crippen LogP contribution < -0.4 is 10.1 Å². The van der Waals surface area contributed by atoms with Crippen molar-refractivity contribution in [1.82, 2.24) is 9.97 Å². The van der Waals surface area contributed by atoms with Crippen molar-refractivity contribution in [3.63, 3.8) is 0 Å². The van der Waals surface area contributed by atoms with Crippen LogP contribution in [0.2, 0.25) is 5.02 Å². The highest BCUT2D eigenvalue weighted by Gasteiger charge is 2.16. The van der Waals surface area contributed by atoms with Gasteiger partial charge in [0.15, 0.2) is 11.6 Å². The van der Waals surface area contributed by atoms with Crippen LogP contribution in [0, 0.1) is 5.82 Å². The maximum absolute atomic E-state index is 14.0. The van der Waals surface area contributed by atoms with Crippen molar-refractivity contribution in [2.75, 3.05) is 19.0 Å². The number of nitrogens with one attached hydrogen (secondary N) is 1. The van der Waals surface area contributed by atoms with Gasteiger partial charge in [-0.05, 0) is 24.6 Å². The fourth-order valence-corrected chi connectivity index (χ4v) is 1.97. The van der Waals surface area contributed by atoms with Crippen molar-refractivity contribution < 1.29 is 9.13 Å². The van der Waals surface area contributed by atoms with Crippen LogP contribution in [-0.2, 0) is 0 Å². The molecule has 106 valence electrons. The molecular weight excluding hydrogens is 281 g/mol. The monoisotopic (exact) mass is 295 g/mol. The van der Waals surface area contributed by atoms with Gasteiger partial charge in [0, 0.05) is 17.1 Å². The van der Waals surface area contributed by atoms with Crippen LogP contribution in [0.3, 0.4) is 0 Å². The summed E-state index contributed by atoms with van der Waals surface area (Å²) in [4.78, 5) is 8.24. The Bertz CT molecular complexity index is 607. The normalized spacial score (nSPS) is 10.4. The summed E-state index contributed by atoms with van der Waals surface area (Å²) < 4.78 is 19.3. The summed E-state index contributed by atoms with van der Waals surface area (Å²) in [6.45, 7) is 2.79. The molecule has 0 aliphatic heterocycles. The number of benzene rings is 1. The van der Waals surface area contributed by atoms with E-state index >= 15 is 0 Å². The van der Waals surface area contributed by atoms with Gasteiger partial charge in [0.2, 0.25) is 0 Å². The van der Waals surface area contributed by atoms with Gasteiger partial charge in [-0.15, -0.1) is 0 Å². The molecule has 0 fully saturated rings. The molecule has 4 nitrogen and oxygen atoms in total. The van der Waals surface area contributed by atoms with Crippen LogP contribution >= 0.6 is 11.6 Å². The lowest BCUT2D eigenvalue weighted by Crippen LogP contribution is -2.06. The van der Waals surface area contributed by atoms with Gasteiger partial charge in [-0.3, -0.25) is 0 Å². The van der Waals surface area contributed by atoms with Crippen LogP contribution in [0.25, 0.3) is 11.3 Å². The zero-order chi connectivity index (χ0) is 14.5. The summed E-state index contributed by atoms with van der Waals surface area (Å²) in [7, 11) is 1.51. The van der Waals surface area contributed by atoms with E-state index in [1.165, 1.54) is 19.5 Å². The number of halogens is 2. The van der Waals surface area contributed by atoms with Crippen molar-refractivity contribution in [2.45, 2.75) is 13.3 Å². The van der Waals surface area contributed by atoms with E-state index in [9.17, 15) is 4.39 Å². The first-order chi connectivity index (χ1) is 9.67. The molecule has 0 saturated carbocycles. The second kappa shape index (κ2) is 6.52. The SMILES string of the molecule is CCCNc1ncnc(-c2ccc(Cl)cc2F)c1OC. The molecule has 6 heteroatoms. The van der Waals surface area contributed by atoms with Gasteiger partial charge >= 0.3 is 0 Å². The van der Waals surface area contributed by atoms with E-state index in [4.69, 9.17) is 16.3 Å². The van der Waals surface area contributed by atoms with Crippen molar-refractivity contribution in [2.24, 2.45) is 0 Å². The molecule has 0 aliphatic carbocycles. The maximum atomic E-state index is 14.0. The Balaban J connectivity index is 2.50. The largest absolute Gasteiger partial charge is 0.491 e. The van der Waals surface area contributed by atoms with Crippen molar-refractivity contribution >= 4 is 17.4 Å². The Morgan fingerprint density at radius 2 is 2.15 bits per heavy atom. The Hall–Kier alpha value is -1.88. The molecule has 0 spiro atoms. The number of rotatable bonds is 5. The highest BCUT2D eigenvalue weighted by Crippen LogP contribution is 2.34. The van der Waals surface area contributed by atoms with E-state index in [1.807, 2.05) is 6.92 Å². The number of methoxy groups -OCH3 is 1. The average Bonchev–Trinajstić information content (AvgIpc) is 2.44. The molecule has 0 amide bonds. The molecule has 1 N–H and O–H groups in total. The van der Waals surface area contributed by atoms with Crippen LogP contribution in [0.1, 0.15) is 13.3 Å². The molecule has 1 aromatic heterocycles. The van der Waals surface area contributed by atoms with E-state index in [1.54, 1.807) is 12.1 Å². The highest BCUT2D eigenvalue weighted by molar-refractivity contribution is 6.30. The molecule has 1 heterocycles. The summed E-state index contributed by atoms with van der Waals surface area (Å²) in [5.41, 5.74) is 0.725. The minimum absolute atomic E-state index is 0.327. The standard InChI is InChI=1S/C14H15ClFN3O/c1-3-6-17-14-13(20-2)12(18-8-19-14)10-5-4-9(15)7-11(10)16/h4-5,7-8H,3,6H2,1-2H3,(H,17,18,19). The molecule has 1 aromatic carbocycles. The van der Waals surface area contributed by atoms with Crippen LogP contribution in [-0.4, -0.2) is 23.6 Å². The Morgan fingerprint density at radius 1 is 1.35 bits per heavy atom. The van der Waals surface area contributed by atoms with E-state index < -0.39 is 5.82 Å². The van der Waals surface area contributed by atoms with E-state index in [0.29, 0.717) is 27.8 Å². The fraction of sp³-hybridized carbons (Fsp3) is 0.286. The Labute approximate surface area is 122 Å². The smallest absolute Gasteiger partial charge is 0.187 e. The molecule has 0 bridgehead atoms. The lowest BCUT2D eigenvalue weighted by Gasteiger charge is -2.13. The first-order valence-electron chi connectivity index (χ1n) is 6.25. The molecule has 0 aliphatic rings. The summed E-state index contributed by atoms with van der Waals surface area (Å²) in [6, 6.07) is 4.43. The lowest BCUT2D eigenvalue weighted by atomic mass is 10.1. The van der Waals surface area contributed by atoms with Gasteiger partial charge in [-0.1, -0.05) is 18.5 Å². The quantitative estimate of drug-likeness (QED) is 0.912. The molecule has 0 saturated heterocycles. The van der Waals surface area contributed by atoms with Gasteiger partial charge in [0.25, 0.3) is 0 Å². The third kappa shape index (κ3) is 2.99. The van der Waals surface area contributed by atoms with Crippen molar-refractivity contribution in [1.29, 1.82) is 0 Å². The van der Waals surface area contributed by atoms with Gasteiger partial charge in [-0.25, -0.2) is 14.4 Å². The number of anilines is 1. The van der Waals surface area contributed by atoms with E-state index in [2.05, 4.69) is 15.3 Å². The fourth-order valence-electron chi connectivity index (χ4n) is 1.81. The predicted molar refractivity (Wildman–Crippen MR) is 77.8 cm³/mol. The van der Waals surface area contributed by atoms with Gasteiger partial charge in [0.1, 0.15) is 17.8 Å². The first kappa shape index (κ1) is 14.5. The number of hydrogen-bond acceptors (Lipinski definition) is 4. The zero-order valence-electron chi connectivity index (χ0n) is 11.3. The summed E-state index contributed by atoms with van der Waals surface area (Å²) in [5, 5.41) is 3.47. The Morgan fingerprint density at radius 3 is 2.80 bits per heavy atom. The summed E-state index contributed by atoms with van der Waals surface area (Å²) >= 11 is 5.76. The molecule has 20 heavy (non-hydrogen) atoms. The number of hydrogen-bond donors (Lipinski definition) is 1. The van der Waals surface area contributed by atoms with Crippen LogP contribution in [0.4, 0.5) is 10.2 Å². The van der Waals surface area contributed by atoms with Crippen LogP contribution in [0.5, 0.6) is 5.75 Å². The van der Waals surface area contributed by atoms with E-state index in [-0.39, 0.29) is 0 Å². The Kier molecular flexibility index (Phi) is 4.74. The van der Waals surface area contributed by atoms with Crippen LogP contribution in [0.15, 0.2) is 24.5 Å². The maximum Gasteiger partial charge on any atom is 0.187 e. The van der Waals surface area contributed by atoms with Gasteiger partial charge in [-0.2, -0.15) is 0 Å².